The van der Waals surface area contributed by atoms with E-state index in [9.17, 15) is 24.3 Å². The van der Waals surface area contributed by atoms with Crippen molar-refractivity contribution >= 4 is 24.0 Å². The quantitative estimate of drug-likeness (QED) is 0.434. The van der Waals surface area contributed by atoms with Gasteiger partial charge in [-0.3, -0.25) is 19.3 Å². The molecule has 1 N–H and O–H groups in total. The Morgan fingerprint density at radius 2 is 1.59 bits per heavy atom. The highest BCUT2D eigenvalue weighted by Gasteiger charge is 2.25. The summed E-state index contributed by atoms with van der Waals surface area (Å²) < 4.78 is 0. The van der Waals surface area contributed by atoms with Crippen LogP contribution in [0.2, 0.25) is 0 Å². The first-order valence-corrected chi connectivity index (χ1v) is 10.00. The van der Waals surface area contributed by atoms with Crippen LogP contribution in [0.4, 0.5) is 0 Å². The van der Waals surface area contributed by atoms with Crippen molar-refractivity contribution in [2.45, 2.75) is 86.1 Å². The summed E-state index contributed by atoms with van der Waals surface area (Å²) in [6, 6.07) is -0.518. The Morgan fingerprint density at radius 1 is 1.04 bits per heavy atom. The number of nitrogens with zero attached hydrogens (tertiary/aromatic N) is 2. The van der Waals surface area contributed by atoms with Gasteiger partial charge in [0.25, 0.3) is 0 Å². The smallest absolute Gasteiger partial charge is 0.229 e. The minimum absolute atomic E-state index is 0.0812. The van der Waals surface area contributed by atoms with E-state index >= 15 is 0 Å². The van der Waals surface area contributed by atoms with E-state index in [0.29, 0.717) is 25.8 Å². The van der Waals surface area contributed by atoms with Crippen molar-refractivity contribution in [2.24, 2.45) is 0 Å². The van der Waals surface area contributed by atoms with Gasteiger partial charge in [0, 0.05) is 39.8 Å². The van der Waals surface area contributed by atoms with Crippen LogP contribution in [0.15, 0.2) is 0 Å². The molecule has 0 saturated heterocycles. The summed E-state index contributed by atoms with van der Waals surface area (Å²) in [6.07, 6.45) is 3.24. The molecule has 0 aromatic heterocycles. The number of carbonyl (C=O) groups excluding carboxylic acids is 4. The molecule has 7 nitrogen and oxygen atoms in total. The third-order valence-electron chi connectivity index (χ3n) is 3.67. The van der Waals surface area contributed by atoms with E-state index in [1.54, 1.807) is 18.9 Å². The molecule has 0 spiro atoms. The Bertz CT molecular complexity index is 413. The number of aliphatic hydroxyl groups excluding tert-OH is 1. The molecule has 0 saturated carbocycles. The highest BCUT2D eigenvalue weighted by molar-refractivity contribution is 5.94. The van der Waals surface area contributed by atoms with Gasteiger partial charge in [0.15, 0.2) is 0 Å². The van der Waals surface area contributed by atoms with Crippen molar-refractivity contribution in [3.63, 3.8) is 0 Å². The molecule has 0 bridgehead atoms. The van der Waals surface area contributed by atoms with Crippen LogP contribution in [0.25, 0.3) is 0 Å². The van der Waals surface area contributed by atoms with Crippen LogP contribution >= 0.6 is 0 Å². The molecule has 1 unspecified atom stereocenters. The van der Waals surface area contributed by atoms with Gasteiger partial charge in [-0.1, -0.05) is 34.6 Å². The average Bonchev–Trinajstić information content (AvgIpc) is 2.70. The van der Waals surface area contributed by atoms with Crippen LogP contribution in [-0.2, 0) is 19.2 Å². The van der Waals surface area contributed by atoms with Crippen molar-refractivity contribution in [1.82, 2.24) is 9.80 Å². The lowest BCUT2D eigenvalue weighted by molar-refractivity contribution is -0.147. The molecule has 0 aliphatic heterocycles. The van der Waals surface area contributed by atoms with Crippen LogP contribution in [0, 0.1) is 0 Å². The number of rotatable bonds is 11. The number of amides is 3. The van der Waals surface area contributed by atoms with E-state index in [0.717, 1.165) is 11.2 Å². The maximum atomic E-state index is 11.8. The van der Waals surface area contributed by atoms with Crippen LogP contribution in [0.5, 0.6) is 0 Å². The summed E-state index contributed by atoms with van der Waals surface area (Å²) in [6.45, 7) is 11.3. The number of carbonyl (C=O) groups is 4. The first-order chi connectivity index (χ1) is 12.9. The monoisotopic (exact) mass is 388 g/mol. The standard InChI is InChI=1S/C16H28N2O5.2C2H6/c1-4-15(22)18(13(2)21)14(12-20)8-5-6-10-17(3)16(23)9-7-11-19;2*1-2/h11,14,20H,4-10,12H2,1-3H3;2*1-2H3. The van der Waals surface area contributed by atoms with Gasteiger partial charge in [0.2, 0.25) is 17.7 Å². The summed E-state index contributed by atoms with van der Waals surface area (Å²) in [5, 5.41) is 9.44. The molecule has 0 radical (unpaired) electrons. The Labute approximate surface area is 165 Å². The van der Waals surface area contributed by atoms with Gasteiger partial charge in [0.1, 0.15) is 6.29 Å². The van der Waals surface area contributed by atoms with Crippen molar-refractivity contribution in [3.8, 4) is 0 Å². The summed E-state index contributed by atoms with van der Waals surface area (Å²) >= 11 is 0. The number of aliphatic hydroxyl groups is 1. The maximum Gasteiger partial charge on any atom is 0.229 e. The first-order valence-electron chi connectivity index (χ1n) is 10.00. The Kier molecular flexibility index (Phi) is 22.8. The molecule has 0 rings (SSSR count). The number of imide groups is 1. The van der Waals surface area contributed by atoms with E-state index in [4.69, 9.17) is 0 Å². The lowest BCUT2D eigenvalue weighted by atomic mass is 10.1. The second-order valence-electron chi connectivity index (χ2n) is 5.49. The highest BCUT2D eigenvalue weighted by Crippen LogP contribution is 2.11. The van der Waals surface area contributed by atoms with Gasteiger partial charge in [-0.05, 0) is 19.3 Å². The molecule has 0 aromatic carbocycles. The van der Waals surface area contributed by atoms with E-state index in [2.05, 4.69) is 0 Å². The number of hydrogen-bond acceptors (Lipinski definition) is 5. The zero-order valence-corrected chi connectivity index (χ0v) is 18.3. The van der Waals surface area contributed by atoms with Gasteiger partial charge < -0.3 is 14.8 Å². The fourth-order valence-corrected chi connectivity index (χ4v) is 2.34. The molecule has 160 valence electrons. The van der Waals surface area contributed by atoms with Crippen LogP contribution in [-0.4, -0.2) is 65.2 Å². The van der Waals surface area contributed by atoms with E-state index < -0.39 is 6.04 Å². The first kappa shape index (κ1) is 30.0. The largest absolute Gasteiger partial charge is 0.394 e. The zero-order chi connectivity index (χ0) is 21.8. The molecule has 7 heteroatoms. The third kappa shape index (κ3) is 14.0. The molecule has 0 fully saturated rings. The van der Waals surface area contributed by atoms with Crippen LogP contribution in [0.1, 0.15) is 80.1 Å². The molecule has 3 amide bonds. The third-order valence-corrected chi connectivity index (χ3v) is 3.67. The fraction of sp³-hybridized carbons (Fsp3) is 0.800. The number of aldehydes is 1. The van der Waals surface area contributed by atoms with Gasteiger partial charge >= 0.3 is 0 Å². The molecular formula is C20H40N2O5. The van der Waals surface area contributed by atoms with Gasteiger partial charge in [-0.2, -0.15) is 0 Å². The van der Waals surface area contributed by atoms with Crippen molar-refractivity contribution in [2.75, 3.05) is 20.2 Å². The Balaban J connectivity index is -0.00000134. The Hall–Kier alpha value is -1.76. The summed E-state index contributed by atoms with van der Waals surface area (Å²) in [5.74, 6) is -0.739. The average molecular weight is 389 g/mol. The highest BCUT2D eigenvalue weighted by atomic mass is 16.3. The summed E-state index contributed by atoms with van der Waals surface area (Å²) in [7, 11) is 1.68. The lowest BCUT2D eigenvalue weighted by Gasteiger charge is -2.28. The van der Waals surface area contributed by atoms with Gasteiger partial charge in [-0.25, -0.2) is 0 Å². The number of hydrogen-bond donors (Lipinski definition) is 1. The van der Waals surface area contributed by atoms with Crippen LogP contribution in [0.3, 0.4) is 0 Å². The minimum Gasteiger partial charge on any atom is -0.394 e. The van der Waals surface area contributed by atoms with Crippen molar-refractivity contribution in [1.29, 1.82) is 0 Å². The van der Waals surface area contributed by atoms with E-state index in [1.807, 2.05) is 27.7 Å². The SMILES string of the molecule is CC.CC.CCC(=O)N(C(C)=O)C(CO)CCCCN(C)C(=O)CCC=O. The molecule has 0 aromatic rings. The normalized spacial score (nSPS) is 10.4. The molecule has 0 aliphatic rings. The molecule has 0 aliphatic carbocycles. The maximum absolute atomic E-state index is 11.8. The van der Waals surface area contributed by atoms with Gasteiger partial charge in [0.05, 0.1) is 12.6 Å². The summed E-state index contributed by atoms with van der Waals surface area (Å²) in [4.78, 5) is 48.0. The van der Waals surface area contributed by atoms with Crippen molar-refractivity contribution < 1.29 is 24.3 Å². The molecule has 0 heterocycles. The predicted molar refractivity (Wildman–Crippen MR) is 108 cm³/mol. The summed E-state index contributed by atoms with van der Waals surface area (Å²) in [5.41, 5.74) is 0. The Morgan fingerprint density at radius 3 is 2.00 bits per heavy atom. The fourth-order valence-electron chi connectivity index (χ4n) is 2.34. The molecule has 1 atom stereocenters. The molecule has 27 heavy (non-hydrogen) atoms. The second-order valence-corrected chi connectivity index (χ2v) is 5.49. The topological polar surface area (TPSA) is 95.0 Å². The number of unbranched alkanes of at least 4 members (excludes halogenated alkanes) is 1. The van der Waals surface area contributed by atoms with Crippen LogP contribution < -0.4 is 0 Å². The van der Waals surface area contributed by atoms with Crippen molar-refractivity contribution in [3.05, 3.63) is 0 Å². The predicted octanol–water partition coefficient (Wildman–Crippen LogP) is 2.79. The van der Waals surface area contributed by atoms with E-state index in [1.165, 1.54) is 6.92 Å². The minimum atomic E-state index is -0.518. The molecular weight excluding hydrogens is 348 g/mol. The zero-order valence-electron chi connectivity index (χ0n) is 18.3. The lowest BCUT2D eigenvalue weighted by Crippen LogP contribution is -2.45. The second kappa shape index (κ2) is 20.6. The van der Waals surface area contributed by atoms with Gasteiger partial charge in [-0.15, -0.1) is 0 Å². The van der Waals surface area contributed by atoms with E-state index in [-0.39, 0.29) is 43.6 Å².